The number of hydrogen-bond donors (Lipinski definition) is 8. The molecule has 0 bridgehead atoms. The summed E-state index contributed by atoms with van der Waals surface area (Å²) in [4.78, 5) is 12.4. The number of rotatable bonds is 4. The molecule has 8 N–H and O–H groups in total. The molecule has 176 valence electrons. The van der Waals surface area contributed by atoms with Crippen LogP contribution in [0.3, 0.4) is 0 Å². The molecule has 0 aliphatic carbocycles. The monoisotopic (exact) mass is 464 g/mol. The van der Waals surface area contributed by atoms with Gasteiger partial charge in [-0.2, -0.15) is 0 Å². The van der Waals surface area contributed by atoms with Crippen molar-refractivity contribution < 1.29 is 54.7 Å². The SMILES string of the molecule is O=c1oc2c(O)cc(OCC3OC(O)C(O)C(O)C3O)cc2c(O)c1-c1ccc(O)c(O)c1. The molecule has 3 aromatic rings. The third-order valence-corrected chi connectivity index (χ3v) is 5.30. The van der Waals surface area contributed by atoms with Crippen molar-refractivity contribution in [2.45, 2.75) is 30.7 Å². The molecule has 12 heteroatoms. The lowest BCUT2D eigenvalue weighted by Crippen LogP contribution is -2.58. The second kappa shape index (κ2) is 8.42. The Hall–Kier alpha value is -3.55. The fourth-order valence-corrected chi connectivity index (χ4v) is 3.51. The number of phenolic OH excluding ortho intramolecular Hbond substituents is 3. The number of aromatic hydroxyl groups is 4. The van der Waals surface area contributed by atoms with Gasteiger partial charge < -0.3 is 54.7 Å². The molecule has 2 aromatic carbocycles. The summed E-state index contributed by atoms with van der Waals surface area (Å²) in [7, 11) is 0. The normalized spacial score (nSPS) is 25.3. The van der Waals surface area contributed by atoms with Crippen LogP contribution in [0.25, 0.3) is 22.1 Å². The second-order valence-corrected chi connectivity index (χ2v) is 7.48. The summed E-state index contributed by atoms with van der Waals surface area (Å²) in [5.74, 6) is -2.20. The molecular formula is C21H20O12. The van der Waals surface area contributed by atoms with E-state index in [0.29, 0.717) is 0 Å². The van der Waals surface area contributed by atoms with Crippen LogP contribution >= 0.6 is 0 Å². The summed E-state index contributed by atoms with van der Waals surface area (Å²) in [6.45, 7) is -0.427. The molecule has 0 saturated carbocycles. The molecule has 5 atom stereocenters. The summed E-state index contributed by atoms with van der Waals surface area (Å²) in [6, 6.07) is 5.70. The van der Waals surface area contributed by atoms with E-state index < -0.39 is 65.9 Å². The maximum absolute atomic E-state index is 12.4. The minimum atomic E-state index is -1.76. The molecule has 1 fully saturated rings. The van der Waals surface area contributed by atoms with E-state index in [1.54, 1.807) is 0 Å². The van der Waals surface area contributed by atoms with Crippen LogP contribution in [0, 0.1) is 0 Å². The fourth-order valence-electron chi connectivity index (χ4n) is 3.51. The van der Waals surface area contributed by atoms with Crippen molar-refractivity contribution >= 4 is 11.0 Å². The first-order valence-corrected chi connectivity index (χ1v) is 9.64. The lowest BCUT2D eigenvalue weighted by Gasteiger charge is -2.38. The smallest absolute Gasteiger partial charge is 0.348 e. The quantitative estimate of drug-likeness (QED) is 0.181. The van der Waals surface area contributed by atoms with E-state index in [0.717, 1.165) is 18.2 Å². The third-order valence-electron chi connectivity index (χ3n) is 5.30. The van der Waals surface area contributed by atoms with Gasteiger partial charge in [-0.05, 0) is 23.8 Å². The summed E-state index contributed by atoms with van der Waals surface area (Å²) in [5, 5.41) is 78.9. The lowest BCUT2D eigenvalue weighted by molar-refractivity contribution is -0.285. The van der Waals surface area contributed by atoms with E-state index >= 15 is 0 Å². The van der Waals surface area contributed by atoms with E-state index in [1.807, 2.05) is 0 Å². The maximum Gasteiger partial charge on any atom is 0.348 e. The number of hydrogen-bond acceptors (Lipinski definition) is 12. The van der Waals surface area contributed by atoms with Gasteiger partial charge in [-0.25, -0.2) is 4.79 Å². The van der Waals surface area contributed by atoms with E-state index in [9.17, 15) is 45.6 Å². The first-order valence-electron chi connectivity index (χ1n) is 9.64. The average molecular weight is 464 g/mol. The van der Waals surface area contributed by atoms with Gasteiger partial charge in [0.25, 0.3) is 0 Å². The van der Waals surface area contributed by atoms with Crippen molar-refractivity contribution in [2.24, 2.45) is 0 Å². The van der Waals surface area contributed by atoms with Crippen molar-refractivity contribution in [3.8, 4) is 39.9 Å². The highest BCUT2D eigenvalue weighted by molar-refractivity contribution is 5.94. The number of benzene rings is 2. The molecule has 0 radical (unpaired) electrons. The summed E-state index contributed by atoms with van der Waals surface area (Å²) >= 11 is 0. The van der Waals surface area contributed by atoms with E-state index in [1.165, 1.54) is 12.1 Å². The Labute approximate surface area is 184 Å². The van der Waals surface area contributed by atoms with Crippen LogP contribution < -0.4 is 10.4 Å². The molecule has 12 nitrogen and oxygen atoms in total. The number of aliphatic hydroxyl groups is 4. The molecule has 1 aliphatic heterocycles. The molecule has 5 unspecified atom stereocenters. The standard InChI is InChI=1S/C21H20O12/c22-10-2-1-7(3-11(10)23)14-15(25)9-4-8(5-12(24)19(9)33-20(14)29)31-6-13-16(26)17(27)18(28)21(30)32-13/h1-5,13,16-18,21-28,30H,6H2. The number of phenols is 3. The van der Waals surface area contributed by atoms with Gasteiger partial charge in [0.2, 0.25) is 0 Å². The van der Waals surface area contributed by atoms with Gasteiger partial charge in [0, 0.05) is 6.07 Å². The van der Waals surface area contributed by atoms with Crippen molar-refractivity contribution in [1.82, 2.24) is 0 Å². The first-order chi connectivity index (χ1) is 15.6. The minimum absolute atomic E-state index is 0.0320. The van der Waals surface area contributed by atoms with Gasteiger partial charge in [0.15, 0.2) is 29.1 Å². The van der Waals surface area contributed by atoms with E-state index in [2.05, 4.69) is 0 Å². The Bertz CT molecular complexity index is 1250. The Balaban J connectivity index is 1.69. The fraction of sp³-hybridized carbons (Fsp3) is 0.286. The molecular weight excluding hydrogens is 444 g/mol. The van der Waals surface area contributed by atoms with Crippen LogP contribution in [0.15, 0.2) is 39.5 Å². The summed E-state index contributed by atoms with van der Waals surface area (Å²) in [6.07, 6.45) is -7.98. The molecule has 1 aromatic heterocycles. The van der Waals surface area contributed by atoms with Crippen molar-refractivity contribution in [3.63, 3.8) is 0 Å². The molecule has 1 aliphatic rings. The van der Waals surface area contributed by atoms with E-state index in [-0.39, 0.29) is 27.8 Å². The van der Waals surface area contributed by atoms with Crippen LogP contribution in [0.1, 0.15) is 0 Å². The highest BCUT2D eigenvalue weighted by Crippen LogP contribution is 2.40. The van der Waals surface area contributed by atoms with Crippen LogP contribution in [0.4, 0.5) is 0 Å². The van der Waals surface area contributed by atoms with Gasteiger partial charge in [0.05, 0.1) is 5.39 Å². The molecule has 0 amide bonds. The van der Waals surface area contributed by atoms with Crippen molar-refractivity contribution in [3.05, 3.63) is 40.8 Å². The Morgan fingerprint density at radius 2 is 1.58 bits per heavy atom. The molecule has 0 spiro atoms. The van der Waals surface area contributed by atoms with Crippen LogP contribution in [-0.4, -0.2) is 78.2 Å². The Morgan fingerprint density at radius 3 is 2.27 bits per heavy atom. The van der Waals surface area contributed by atoms with Crippen LogP contribution in [-0.2, 0) is 4.74 Å². The Kier molecular flexibility index (Phi) is 5.78. The number of ether oxygens (including phenoxy) is 2. The summed E-state index contributed by atoms with van der Waals surface area (Å²) in [5.41, 5.74) is -1.68. The zero-order valence-electron chi connectivity index (χ0n) is 16.7. The van der Waals surface area contributed by atoms with Gasteiger partial charge in [-0.15, -0.1) is 0 Å². The zero-order chi connectivity index (χ0) is 24.0. The molecule has 2 heterocycles. The second-order valence-electron chi connectivity index (χ2n) is 7.48. The number of aliphatic hydroxyl groups excluding tert-OH is 4. The van der Waals surface area contributed by atoms with Crippen molar-refractivity contribution in [2.75, 3.05) is 6.61 Å². The predicted octanol–water partition coefficient (Wildman–Crippen LogP) is -0.539. The van der Waals surface area contributed by atoms with Gasteiger partial charge in [0.1, 0.15) is 48.1 Å². The van der Waals surface area contributed by atoms with Gasteiger partial charge >= 0.3 is 5.63 Å². The zero-order valence-corrected chi connectivity index (χ0v) is 16.7. The highest BCUT2D eigenvalue weighted by atomic mass is 16.6. The van der Waals surface area contributed by atoms with Gasteiger partial charge in [-0.3, -0.25) is 0 Å². The minimum Gasteiger partial charge on any atom is -0.506 e. The summed E-state index contributed by atoms with van der Waals surface area (Å²) < 4.78 is 15.6. The molecule has 1 saturated heterocycles. The predicted molar refractivity (Wildman–Crippen MR) is 109 cm³/mol. The molecule has 33 heavy (non-hydrogen) atoms. The highest BCUT2D eigenvalue weighted by Gasteiger charge is 2.43. The van der Waals surface area contributed by atoms with E-state index in [4.69, 9.17) is 13.9 Å². The molecule has 4 rings (SSSR count). The van der Waals surface area contributed by atoms with Crippen LogP contribution in [0.5, 0.6) is 28.7 Å². The Morgan fingerprint density at radius 1 is 0.848 bits per heavy atom. The topological polar surface area (TPSA) is 211 Å². The van der Waals surface area contributed by atoms with Crippen LogP contribution in [0.2, 0.25) is 0 Å². The van der Waals surface area contributed by atoms with Gasteiger partial charge in [-0.1, -0.05) is 6.07 Å². The lowest BCUT2D eigenvalue weighted by atomic mass is 9.99. The van der Waals surface area contributed by atoms with Crippen molar-refractivity contribution in [1.29, 1.82) is 0 Å². The number of fused-ring (bicyclic) bond motifs is 1. The maximum atomic E-state index is 12.4. The first kappa shape index (κ1) is 22.6. The largest absolute Gasteiger partial charge is 0.506 e. The third kappa shape index (κ3) is 4.01. The average Bonchev–Trinajstić information content (AvgIpc) is 2.77.